The van der Waals surface area contributed by atoms with E-state index in [9.17, 15) is 0 Å². The van der Waals surface area contributed by atoms with Crippen LogP contribution in [0.5, 0.6) is 0 Å². The molecular formula is C12H11ClN4S. The predicted octanol–water partition coefficient (Wildman–Crippen LogP) is 4.82. The number of hydrogen-bond donors (Lipinski definition) is 1. The topological polar surface area (TPSA) is 53.4 Å². The van der Waals surface area contributed by atoms with Crippen LogP contribution in [0.1, 0.15) is 11.4 Å². The molecule has 4 nitrogen and oxygen atoms in total. The molecule has 0 radical (unpaired) electrons. The van der Waals surface area contributed by atoms with Gasteiger partial charge in [0.1, 0.15) is 5.69 Å². The highest BCUT2D eigenvalue weighted by molar-refractivity contribution is 7.71. The molecule has 0 saturated heterocycles. The van der Waals surface area contributed by atoms with Gasteiger partial charge in [0.25, 0.3) is 0 Å². The van der Waals surface area contributed by atoms with Gasteiger partial charge >= 0.3 is 0 Å². The van der Waals surface area contributed by atoms with Crippen LogP contribution in [0.4, 0.5) is 11.4 Å². The molecule has 0 saturated carbocycles. The molecule has 0 aliphatic heterocycles. The van der Waals surface area contributed by atoms with Gasteiger partial charge < -0.3 is 4.98 Å². The van der Waals surface area contributed by atoms with Crippen molar-refractivity contribution in [3.63, 3.8) is 0 Å². The van der Waals surface area contributed by atoms with Crippen LogP contribution < -0.4 is 0 Å². The van der Waals surface area contributed by atoms with E-state index < -0.39 is 0 Å². The molecular weight excluding hydrogens is 268 g/mol. The van der Waals surface area contributed by atoms with E-state index >= 15 is 0 Å². The fourth-order valence-corrected chi connectivity index (χ4v) is 1.99. The monoisotopic (exact) mass is 278 g/mol. The van der Waals surface area contributed by atoms with E-state index in [1.165, 1.54) is 0 Å². The maximum Gasteiger partial charge on any atom is 0.197 e. The van der Waals surface area contributed by atoms with Crippen molar-refractivity contribution in [1.29, 1.82) is 0 Å². The predicted molar refractivity (Wildman–Crippen MR) is 74.5 cm³/mol. The molecule has 18 heavy (non-hydrogen) atoms. The molecule has 0 fully saturated rings. The van der Waals surface area contributed by atoms with Crippen molar-refractivity contribution in [3.8, 4) is 0 Å². The van der Waals surface area contributed by atoms with Gasteiger partial charge in [0.2, 0.25) is 0 Å². The number of aryl methyl sites for hydroxylation is 2. The van der Waals surface area contributed by atoms with E-state index in [1.54, 1.807) is 12.1 Å². The Morgan fingerprint density at radius 2 is 2.06 bits per heavy atom. The van der Waals surface area contributed by atoms with E-state index in [-0.39, 0.29) is 0 Å². The van der Waals surface area contributed by atoms with Crippen molar-refractivity contribution in [1.82, 2.24) is 9.97 Å². The van der Waals surface area contributed by atoms with Gasteiger partial charge in [0.05, 0.1) is 11.4 Å². The van der Waals surface area contributed by atoms with E-state index in [0.29, 0.717) is 21.2 Å². The molecule has 92 valence electrons. The zero-order chi connectivity index (χ0) is 13.1. The highest BCUT2D eigenvalue weighted by Gasteiger charge is 2.03. The third-order valence-corrected chi connectivity index (χ3v) is 2.76. The maximum absolute atomic E-state index is 5.88. The van der Waals surface area contributed by atoms with Crippen molar-refractivity contribution in [2.75, 3.05) is 0 Å². The number of H-pyrrole nitrogens is 1. The number of halogens is 1. The lowest BCUT2D eigenvalue weighted by Crippen LogP contribution is -1.90. The maximum atomic E-state index is 5.88. The number of rotatable bonds is 2. The third kappa shape index (κ3) is 3.00. The average molecular weight is 279 g/mol. The van der Waals surface area contributed by atoms with Gasteiger partial charge in [-0.25, -0.2) is 4.98 Å². The molecule has 0 amide bonds. The summed E-state index contributed by atoms with van der Waals surface area (Å²) in [5.41, 5.74) is 2.99. The Kier molecular flexibility index (Phi) is 3.84. The fourth-order valence-electron chi connectivity index (χ4n) is 1.52. The first-order chi connectivity index (χ1) is 8.56. The van der Waals surface area contributed by atoms with E-state index in [2.05, 4.69) is 20.2 Å². The number of hydrogen-bond acceptors (Lipinski definition) is 4. The lowest BCUT2D eigenvalue weighted by molar-refractivity contribution is 1.01. The molecule has 2 aromatic rings. The second-order valence-electron chi connectivity index (χ2n) is 3.78. The first-order valence-corrected chi connectivity index (χ1v) is 6.10. The summed E-state index contributed by atoms with van der Waals surface area (Å²) in [6.45, 7) is 3.74. The molecule has 0 spiro atoms. The smallest absolute Gasteiger partial charge is 0.197 e. The van der Waals surface area contributed by atoms with Gasteiger partial charge in [-0.1, -0.05) is 17.7 Å². The summed E-state index contributed by atoms with van der Waals surface area (Å²) in [5, 5.41) is 8.95. The van der Waals surface area contributed by atoms with Crippen molar-refractivity contribution in [2.24, 2.45) is 10.2 Å². The van der Waals surface area contributed by atoms with Gasteiger partial charge in [-0.15, -0.1) is 5.11 Å². The molecule has 6 heteroatoms. The summed E-state index contributed by atoms with van der Waals surface area (Å²) in [5.74, 6) is 0. The molecule has 1 N–H and O–H groups in total. The molecule has 1 heterocycles. The van der Waals surface area contributed by atoms with Crippen molar-refractivity contribution in [2.45, 2.75) is 13.8 Å². The molecule has 0 unspecified atom stereocenters. The van der Waals surface area contributed by atoms with Gasteiger partial charge in [-0.3, -0.25) is 0 Å². The van der Waals surface area contributed by atoms with Crippen LogP contribution in [0.15, 0.2) is 34.5 Å². The largest absolute Gasteiger partial charge is 0.333 e. The first-order valence-electron chi connectivity index (χ1n) is 5.31. The molecule has 1 aromatic heterocycles. The zero-order valence-electron chi connectivity index (χ0n) is 9.94. The average Bonchev–Trinajstić information content (AvgIpc) is 2.27. The summed E-state index contributed by atoms with van der Waals surface area (Å²) >= 11 is 10.9. The second-order valence-corrected chi connectivity index (χ2v) is 4.60. The zero-order valence-corrected chi connectivity index (χ0v) is 11.5. The number of nitrogens with zero attached hydrogens (tertiary/aromatic N) is 3. The SMILES string of the molecule is Cc1nc(=S)[nH]c(C)c1N=Nc1cccc(Cl)c1. The van der Waals surface area contributed by atoms with Gasteiger partial charge in [-0.2, -0.15) is 5.11 Å². The first kappa shape index (κ1) is 12.9. The Morgan fingerprint density at radius 1 is 1.28 bits per heavy atom. The number of nitrogens with one attached hydrogen (secondary N) is 1. The van der Waals surface area contributed by atoms with Crippen LogP contribution in [0.2, 0.25) is 5.02 Å². The molecule has 0 aliphatic carbocycles. The van der Waals surface area contributed by atoms with Gasteiger partial charge in [0, 0.05) is 10.7 Å². The minimum absolute atomic E-state index is 0.451. The highest BCUT2D eigenvalue weighted by Crippen LogP contribution is 2.24. The Bertz CT molecular complexity index is 637. The van der Waals surface area contributed by atoms with Crippen LogP contribution in [0.25, 0.3) is 0 Å². The van der Waals surface area contributed by atoms with E-state index in [4.69, 9.17) is 23.8 Å². The van der Waals surface area contributed by atoms with Crippen LogP contribution >= 0.6 is 23.8 Å². The number of aromatic nitrogens is 2. The third-order valence-electron chi connectivity index (χ3n) is 2.34. The van der Waals surface area contributed by atoms with E-state index in [1.807, 2.05) is 26.0 Å². The normalized spacial score (nSPS) is 11.1. The summed E-state index contributed by atoms with van der Waals surface area (Å²) in [7, 11) is 0. The minimum atomic E-state index is 0.451. The Hall–Kier alpha value is -1.59. The van der Waals surface area contributed by atoms with Crippen LogP contribution in [-0.2, 0) is 0 Å². The summed E-state index contributed by atoms with van der Waals surface area (Å²) in [6.07, 6.45) is 0. The standard InChI is InChI=1S/C12H11ClN4S/c1-7-11(8(2)15-12(18)14-7)17-16-10-5-3-4-9(13)6-10/h3-6H,1-2H3,(H,14,15,18). The number of benzene rings is 1. The van der Waals surface area contributed by atoms with Crippen LogP contribution in [0, 0.1) is 18.6 Å². The number of azo groups is 1. The van der Waals surface area contributed by atoms with Crippen LogP contribution in [0.3, 0.4) is 0 Å². The minimum Gasteiger partial charge on any atom is -0.333 e. The summed E-state index contributed by atoms with van der Waals surface area (Å²) < 4.78 is 0.451. The lowest BCUT2D eigenvalue weighted by Gasteiger charge is -2.02. The summed E-state index contributed by atoms with van der Waals surface area (Å²) in [6, 6.07) is 7.19. The van der Waals surface area contributed by atoms with Gasteiger partial charge in [-0.05, 0) is 44.3 Å². The Labute approximate surface area is 115 Å². The molecule has 0 bridgehead atoms. The second kappa shape index (κ2) is 5.37. The summed E-state index contributed by atoms with van der Waals surface area (Å²) in [4.78, 5) is 7.09. The van der Waals surface area contributed by atoms with Crippen molar-refractivity contribution < 1.29 is 0 Å². The molecule has 0 aliphatic rings. The Balaban J connectivity index is 2.38. The fraction of sp³-hybridized carbons (Fsp3) is 0.167. The molecule has 2 rings (SSSR count). The molecule has 1 aromatic carbocycles. The number of aromatic amines is 1. The van der Waals surface area contributed by atoms with Crippen molar-refractivity contribution >= 4 is 35.2 Å². The van der Waals surface area contributed by atoms with E-state index in [0.717, 1.165) is 11.4 Å². The quantitative estimate of drug-likeness (QED) is 0.632. The Morgan fingerprint density at radius 3 is 2.72 bits per heavy atom. The van der Waals surface area contributed by atoms with Crippen LogP contribution in [-0.4, -0.2) is 9.97 Å². The molecule has 0 atom stereocenters. The van der Waals surface area contributed by atoms with Gasteiger partial charge in [0.15, 0.2) is 4.77 Å². The lowest BCUT2D eigenvalue weighted by atomic mass is 10.3. The van der Waals surface area contributed by atoms with Crippen molar-refractivity contribution in [3.05, 3.63) is 45.4 Å². The highest BCUT2D eigenvalue weighted by atomic mass is 35.5.